The van der Waals surface area contributed by atoms with E-state index in [0.29, 0.717) is 13.2 Å². The lowest BCUT2D eigenvalue weighted by molar-refractivity contribution is 0.203. The molecule has 2 aromatic rings. The number of aliphatic imine (C=N–C) groups is 1. The van der Waals surface area contributed by atoms with Crippen LogP contribution in [0.3, 0.4) is 0 Å². The monoisotopic (exact) mass is 315 g/mol. The molecule has 2 rings (SSSR count). The van der Waals surface area contributed by atoms with Crippen LogP contribution >= 0.6 is 0 Å². The summed E-state index contributed by atoms with van der Waals surface area (Å²) >= 11 is 0. The van der Waals surface area contributed by atoms with Gasteiger partial charge in [-0.25, -0.2) is 4.99 Å². The second-order valence-electron chi connectivity index (χ2n) is 5.33. The Labute approximate surface area is 137 Å². The minimum absolute atomic E-state index is 0.642. The molecule has 0 bridgehead atoms. The first-order chi connectivity index (χ1) is 11.3. The van der Waals surface area contributed by atoms with Crippen LogP contribution in [0.4, 0.5) is 0 Å². The topological polar surface area (TPSA) is 58.8 Å². The molecule has 1 aromatic carbocycles. The first-order valence-electron chi connectivity index (χ1n) is 7.87. The van der Waals surface area contributed by atoms with Crippen LogP contribution in [0.1, 0.15) is 16.9 Å². The van der Waals surface area contributed by atoms with Gasteiger partial charge in [-0.15, -0.1) is 0 Å². The number of rotatable bonds is 8. The highest BCUT2D eigenvalue weighted by atomic mass is 16.5. The van der Waals surface area contributed by atoms with Crippen LogP contribution in [-0.2, 0) is 17.7 Å². The molecule has 0 atom stereocenters. The van der Waals surface area contributed by atoms with Gasteiger partial charge in [-0.1, -0.05) is 29.8 Å². The van der Waals surface area contributed by atoms with Crippen molar-refractivity contribution in [3.05, 3.63) is 59.5 Å². The molecule has 0 aliphatic heterocycles. The Morgan fingerprint density at radius 2 is 1.91 bits per heavy atom. The zero-order valence-electron chi connectivity index (χ0n) is 13.8. The molecular weight excluding hydrogens is 290 g/mol. The summed E-state index contributed by atoms with van der Waals surface area (Å²) in [7, 11) is 1.69. The highest BCUT2D eigenvalue weighted by Crippen LogP contribution is 2.04. The van der Waals surface area contributed by atoms with Gasteiger partial charge in [-0.3, -0.25) is 0 Å². The van der Waals surface area contributed by atoms with Crippen molar-refractivity contribution in [3.8, 4) is 0 Å². The summed E-state index contributed by atoms with van der Waals surface area (Å²) in [5, 5.41) is 6.59. The second-order valence-corrected chi connectivity index (χ2v) is 5.33. The van der Waals surface area contributed by atoms with E-state index in [1.807, 2.05) is 12.1 Å². The predicted octanol–water partition coefficient (Wildman–Crippen LogP) is 2.51. The fourth-order valence-electron chi connectivity index (χ4n) is 2.07. The molecule has 0 fully saturated rings. The molecule has 0 spiro atoms. The van der Waals surface area contributed by atoms with Gasteiger partial charge in [0.1, 0.15) is 5.76 Å². The average molecular weight is 315 g/mol. The van der Waals surface area contributed by atoms with Crippen LogP contribution in [0, 0.1) is 6.92 Å². The number of guanidine groups is 1. The first kappa shape index (κ1) is 17.1. The van der Waals surface area contributed by atoms with Crippen molar-refractivity contribution in [2.24, 2.45) is 4.99 Å². The lowest BCUT2D eigenvalue weighted by Crippen LogP contribution is -2.40. The zero-order valence-corrected chi connectivity index (χ0v) is 13.8. The summed E-state index contributed by atoms with van der Waals surface area (Å²) in [6, 6.07) is 12.3. The Hall–Kier alpha value is -2.27. The fourth-order valence-corrected chi connectivity index (χ4v) is 2.07. The summed E-state index contributed by atoms with van der Waals surface area (Å²) in [5.74, 6) is 1.75. The molecule has 2 N–H and O–H groups in total. The van der Waals surface area contributed by atoms with E-state index in [4.69, 9.17) is 9.15 Å². The number of ether oxygens (including phenoxy) is 1. The Kier molecular flexibility index (Phi) is 7.20. The van der Waals surface area contributed by atoms with Crippen LogP contribution in [0.15, 0.2) is 52.1 Å². The van der Waals surface area contributed by atoms with Gasteiger partial charge < -0.3 is 19.8 Å². The Morgan fingerprint density at radius 1 is 1.13 bits per heavy atom. The smallest absolute Gasteiger partial charge is 0.191 e. The predicted molar refractivity (Wildman–Crippen MR) is 92.6 cm³/mol. The molecule has 124 valence electrons. The SMILES string of the molecule is COCCNC(=NCc1ccc(C)cc1)NCCc1ccco1. The third-order valence-corrected chi connectivity index (χ3v) is 3.38. The minimum atomic E-state index is 0.642. The van der Waals surface area contributed by atoms with E-state index in [0.717, 1.165) is 31.2 Å². The summed E-state index contributed by atoms with van der Waals surface area (Å²) < 4.78 is 10.4. The largest absolute Gasteiger partial charge is 0.469 e. The molecule has 1 heterocycles. The maximum atomic E-state index is 5.33. The van der Waals surface area contributed by atoms with Crippen LogP contribution in [0.2, 0.25) is 0 Å². The molecular formula is C18H25N3O2. The molecule has 0 saturated carbocycles. The second kappa shape index (κ2) is 9.69. The fraction of sp³-hybridized carbons (Fsp3) is 0.389. The van der Waals surface area contributed by atoms with Gasteiger partial charge in [-0.2, -0.15) is 0 Å². The van der Waals surface area contributed by atoms with Crippen molar-refractivity contribution in [2.45, 2.75) is 19.9 Å². The number of furan rings is 1. The molecule has 0 radical (unpaired) electrons. The number of benzene rings is 1. The van der Waals surface area contributed by atoms with E-state index in [9.17, 15) is 0 Å². The third kappa shape index (κ3) is 6.57. The molecule has 0 aliphatic rings. The van der Waals surface area contributed by atoms with Gasteiger partial charge in [0.25, 0.3) is 0 Å². The molecule has 5 nitrogen and oxygen atoms in total. The zero-order chi connectivity index (χ0) is 16.3. The quantitative estimate of drug-likeness (QED) is 0.446. The van der Waals surface area contributed by atoms with Crippen molar-refractivity contribution in [1.29, 1.82) is 0 Å². The van der Waals surface area contributed by atoms with Crippen molar-refractivity contribution >= 4 is 5.96 Å². The maximum Gasteiger partial charge on any atom is 0.191 e. The van der Waals surface area contributed by atoms with Gasteiger partial charge in [0.05, 0.1) is 19.4 Å². The first-order valence-corrected chi connectivity index (χ1v) is 7.87. The average Bonchev–Trinajstić information content (AvgIpc) is 3.07. The Balaban J connectivity index is 1.86. The van der Waals surface area contributed by atoms with Gasteiger partial charge in [0.15, 0.2) is 5.96 Å². The Morgan fingerprint density at radius 3 is 2.61 bits per heavy atom. The summed E-state index contributed by atoms with van der Waals surface area (Å²) in [5.41, 5.74) is 2.45. The molecule has 1 aromatic heterocycles. The highest BCUT2D eigenvalue weighted by molar-refractivity contribution is 5.79. The van der Waals surface area contributed by atoms with E-state index in [-0.39, 0.29) is 0 Å². The molecule has 0 amide bonds. The third-order valence-electron chi connectivity index (χ3n) is 3.38. The number of nitrogens with one attached hydrogen (secondary N) is 2. The van der Waals surface area contributed by atoms with E-state index in [1.165, 1.54) is 11.1 Å². The summed E-state index contributed by atoms with van der Waals surface area (Å²) in [6.07, 6.45) is 2.51. The molecule has 0 aliphatic carbocycles. The number of hydrogen-bond donors (Lipinski definition) is 2. The van der Waals surface area contributed by atoms with Gasteiger partial charge >= 0.3 is 0 Å². The summed E-state index contributed by atoms with van der Waals surface area (Å²) in [6.45, 7) is 4.85. The normalized spacial score (nSPS) is 11.5. The van der Waals surface area contributed by atoms with Crippen molar-refractivity contribution in [2.75, 3.05) is 26.8 Å². The molecule has 0 unspecified atom stereocenters. The molecule has 23 heavy (non-hydrogen) atoms. The van der Waals surface area contributed by atoms with Crippen molar-refractivity contribution in [1.82, 2.24) is 10.6 Å². The number of methoxy groups -OCH3 is 1. The minimum Gasteiger partial charge on any atom is -0.469 e. The molecule has 0 saturated heterocycles. The van der Waals surface area contributed by atoms with Crippen LogP contribution in [-0.4, -0.2) is 32.8 Å². The standard InChI is InChI=1S/C18H25N3O2/c1-15-5-7-16(8-6-15)14-21-18(20-11-13-22-2)19-10-9-17-4-3-12-23-17/h3-8,12H,9-11,13-14H2,1-2H3,(H2,19,20,21). The van der Waals surface area contributed by atoms with Crippen molar-refractivity contribution < 1.29 is 9.15 Å². The molecule has 5 heteroatoms. The van der Waals surface area contributed by atoms with Crippen LogP contribution in [0.5, 0.6) is 0 Å². The number of hydrogen-bond acceptors (Lipinski definition) is 3. The van der Waals surface area contributed by atoms with Crippen LogP contribution < -0.4 is 10.6 Å². The van der Waals surface area contributed by atoms with Gasteiger partial charge in [0.2, 0.25) is 0 Å². The van der Waals surface area contributed by atoms with E-state index in [2.05, 4.69) is 46.8 Å². The van der Waals surface area contributed by atoms with E-state index in [1.54, 1.807) is 13.4 Å². The van der Waals surface area contributed by atoms with E-state index >= 15 is 0 Å². The highest BCUT2D eigenvalue weighted by Gasteiger charge is 2.00. The van der Waals surface area contributed by atoms with Gasteiger partial charge in [-0.05, 0) is 24.6 Å². The Bertz CT molecular complexity index is 577. The van der Waals surface area contributed by atoms with Crippen molar-refractivity contribution in [3.63, 3.8) is 0 Å². The number of nitrogens with zero attached hydrogens (tertiary/aromatic N) is 1. The van der Waals surface area contributed by atoms with Gasteiger partial charge in [0, 0.05) is 26.6 Å². The number of aryl methyl sites for hydroxylation is 1. The van der Waals surface area contributed by atoms with E-state index < -0.39 is 0 Å². The lowest BCUT2D eigenvalue weighted by Gasteiger charge is -2.12. The van der Waals surface area contributed by atoms with Crippen LogP contribution in [0.25, 0.3) is 0 Å². The lowest BCUT2D eigenvalue weighted by atomic mass is 10.1. The maximum absolute atomic E-state index is 5.33. The summed E-state index contributed by atoms with van der Waals surface area (Å²) in [4.78, 5) is 4.62.